The summed E-state index contributed by atoms with van der Waals surface area (Å²) in [7, 11) is 0. The molecule has 27 heavy (non-hydrogen) atoms. The second kappa shape index (κ2) is 10.0. The molecule has 0 N–H and O–H groups in total. The molecule has 0 amide bonds. The molecule has 2 aromatic rings. The lowest BCUT2D eigenvalue weighted by Crippen LogP contribution is -2.17. The fourth-order valence-electron chi connectivity index (χ4n) is 1.93. The lowest BCUT2D eigenvalue weighted by molar-refractivity contribution is -0.384. The quantitative estimate of drug-likeness (QED) is 0.264. The summed E-state index contributed by atoms with van der Waals surface area (Å²) < 4.78 is 10.6. The Hall–Kier alpha value is -2.46. The molecule has 0 fully saturated rings. The van der Waals surface area contributed by atoms with Crippen molar-refractivity contribution in [2.45, 2.75) is 35.9 Å². The van der Waals surface area contributed by atoms with Gasteiger partial charge in [0.1, 0.15) is 0 Å². The predicted octanol–water partition coefficient (Wildman–Crippen LogP) is 4.01. The molecular formula is C17H18N2O6S2. The highest BCUT2D eigenvalue weighted by molar-refractivity contribution is 8.01. The molecule has 0 atom stereocenters. The van der Waals surface area contributed by atoms with Crippen LogP contribution in [0, 0.1) is 17.0 Å². The first-order chi connectivity index (χ1) is 12.9. The average Bonchev–Trinajstić information content (AvgIpc) is 3.05. The van der Waals surface area contributed by atoms with Crippen LogP contribution in [-0.2, 0) is 14.3 Å². The van der Waals surface area contributed by atoms with Gasteiger partial charge in [-0.3, -0.25) is 10.1 Å². The van der Waals surface area contributed by atoms with Crippen LogP contribution in [0.25, 0.3) is 0 Å². The van der Waals surface area contributed by atoms with Crippen molar-refractivity contribution in [3.63, 3.8) is 0 Å². The first-order valence-corrected chi connectivity index (χ1v) is 9.81. The molecule has 8 nitrogen and oxygen atoms in total. The minimum Gasteiger partial charge on any atom is -0.463 e. The number of aryl methyl sites for hydroxylation is 1. The van der Waals surface area contributed by atoms with Crippen LogP contribution in [0.2, 0.25) is 0 Å². The number of carbonyl (C=O) groups is 2. The van der Waals surface area contributed by atoms with E-state index in [1.165, 1.54) is 35.2 Å². The molecule has 1 heterocycles. The van der Waals surface area contributed by atoms with Gasteiger partial charge in [0.2, 0.25) is 0 Å². The lowest BCUT2D eigenvalue weighted by atomic mass is 10.2. The Bertz CT molecular complexity index is 837. The van der Waals surface area contributed by atoms with E-state index in [-0.39, 0.29) is 17.9 Å². The molecule has 0 aliphatic heterocycles. The Morgan fingerprint density at radius 1 is 1.33 bits per heavy atom. The summed E-state index contributed by atoms with van der Waals surface area (Å²) in [5.41, 5.74) is 0.596. The van der Waals surface area contributed by atoms with Crippen LogP contribution in [0.3, 0.4) is 0 Å². The number of rotatable bonds is 9. The van der Waals surface area contributed by atoms with E-state index in [1.807, 2.05) is 19.2 Å². The highest BCUT2D eigenvalue weighted by atomic mass is 32.2. The summed E-state index contributed by atoms with van der Waals surface area (Å²) in [4.78, 5) is 39.2. The van der Waals surface area contributed by atoms with Crippen LogP contribution in [0.5, 0.6) is 0 Å². The van der Waals surface area contributed by atoms with E-state index in [1.54, 1.807) is 0 Å². The van der Waals surface area contributed by atoms with Gasteiger partial charge in [-0.1, -0.05) is 25.1 Å². The maximum absolute atomic E-state index is 12.4. The molecule has 1 aromatic heterocycles. The van der Waals surface area contributed by atoms with Crippen molar-refractivity contribution in [1.82, 2.24) is 4.98 Å². The third-order valence-corrected chi connectivity index (χ3v) is 5.40. The molecular weight excluding hydrogens is 392 g/mol. The van der Waals surface area contributed by atoms with Gasteiger partial charge in [0.05, 0.1) is 17.1 Å². The third-order valence-electron chi connectivity index (χ3n) is 3.27. The number of aromatic nitrogens is 1. The van der Waals surface area contributed by atoms with Crippen molar-refractivity contribution in [2.24, 2.45) is 0 Å². The first kappa shape index (κ1) is 20.8. The maximum atomic E-state index is 12.4. The van der Waals surface area contributed by atoms with Gasteiger partial charge in [-0.15, -0.1) is 11.3 Å². The lowest BCUT2D eigenvalue weighted by Gasteiger charge is -2.09. The van der Waals surface area contributed by atoms with Crippen LogP contribution in [0.4, 0.5) is 5.69 Å². The van der Waals surface area contributed by atoms with Gasteiger partial charge in [0, 0.05) is 28.1 Å². The maximum Gasteiger partial charge on any atom is 0.344 e. The molecule has 144 valence electrons. The fraction of sp³-hybridized carbons (Fsp3) is 0.353. The molecule has 0 unspecified atom stereocenters. The first-order valence-electron chi connectivity index (χ1n) is 8.12. The Balaban J connectivity index is 2.13. The van der Waals surface area contributed by atoms with Gasteiger partial charge in [0.25, 0.3) is 5.69 Å². The van der Waals surface area contributed by atoms with E-state index in [9.17, 15) is 19.7 Å². The van der Waals surface area contributed by atoms with Crippen LogP contribution >= 0.6 is 23.1 Å². The second-order valence-electron chi connectivity index (χ2n) is 5.44. The Kier molecular flexibility index (Phi) is 7.74. The van der Waals surface area contributed by atoms with E-state index >= 15 is 0 Å². The molecule has 0 saturated carbocycles. The second-order valence-corrected chi connectivity index (χ2v) is 7.59. The molecule has 0 bridgehead atoms. The van der Waals surface area contributed by atoms with Gasteiger partial charge >= 0.3 is 11.9 Å². The number of carbonyl (C=O) groups excluding carboxylic acids is 2. The van der Waals surface area contributed by atoms with Crippen molar-refractivity contribution in [2.75, 3.05) is 13.2 Å². The largest absolute Gasteiger partial charge is 0.463 e. The smallest absolute Gasteiger partial charge is 0.344 e. The summed E-state index contributed by atoms with van der Waals surface area (Å²) in [6.45, 7) is 3.51. The van der Waals surface area contributed by atoms with E-state index in [0.29, 0.717) is 9.24 Å². The standard InChI is InChI=1S/C17H18N2O6S2/c1-3-4-7-24-15(20)9-25-16(21)13-8-12(19(22)23)5-6-14(13)27-17-18-11(2)10-26-17/h5-6,8,10H,3-4,7,9H2,1-2H3. The third kappa shape index (κ3) is 6.33. The van der Waals surface area contributed by atoms with Crippen molar-refractivity contribution in [1.29, 1.82) is 0 Å². The summed E-state index contributed by atoms with van der Waals surface area (Å²) in [5.74, 6) is -1.49. The highest BCUT2D eigenvalue weighted by Crippen LogP contribution is 2.34. The Morgan fingerprint density at radius 3 is 2.74 bits per heavy atom. The van der Waals surface area contributed by atoms with Crippen molar-refractivity contribution in [3.8, 4) is 0 Å². The molecule has 0 aliphatic carbocycles. The molecule has 2 rings (SSSR count). The van der Waals surface area contributed by atoms with Gasteiger partial charge in [-0.2, -0.15) is 0 Å². The zero-order valence-corrected chi connectivity index (χ0v) is 16.4. The number of hydrogen-bond donors (Lipinski definition) is 0. The van der Waals surface area contributed by atoms with Crippen LogP contribution in [0.1, 0.15) is 35.8 Å². The van der Waals surface area contributed by atoms with E-state index < -0.39 is 23.5 Å². The number of nitro benzene ring substituents is 1. The number of non-ortho nitro benzene ring substituents is 1. The number of unbranched alkanes of at least 4 members (excludes halogenated alkanes) is 1. The number of esters is 2. The number of nitrogens with zero attached hydrogens (tertiary/aromatic N) is 2. The zero-order valence-electron chi connectivity index (χ0n) is 14.8. The number of nitro groups is 1. The summed E-state index contributed by atoms with van der Waals surface area (Å²) in [6.07, 6.45) is 1.59. The molecule has 0 aliphatic rings. The Labute approximate surface area is 164 Å². The zero-order chi connectivity index (χ0) is 19.8. The summed E-state index contributed by atoms with van der Waals surface area (Å²) in [6, 6.07) is 3.90. The highest BCUT2D eigenvalue weighted by Gasteiger charge is 2.20. The van der Waals surface area contributed by atoms with E-state index in [2.05, 4.69) is 4.98 Å². The van der Waals surface area contributed by atoms with Gasteiger partial charge in [-0.25, -0.2) is 14.6 Å². The van der Waals surface area contributed by atoms with E-state index in [4.69, 9.17) is 9.47 Å². The molecule has 10 heteroatoms. The monoisotopic (exact) mass is 410 g/mol. The van der Waals surface area contributed by atoms with Crippen LogP contribution in [-0.4, -0.2) is 35.1 Å². The molecule has 0 radical (unpaired) electrons. The average molecular weight is 410 g/mol. The van der Waals surface area contributed by atoms with Crippen molar-refractivity contribution < 1.29 is 24.0 Å². The Morgan fingerprint density at radius 2 is 2.11 bits per heavy atom. The number of benzene rings is 1. The van der Waals surface area contributed by atoms with Crippen LogP contribution in [0.15, 0.2) is 32.8 Å². The minimum atomic E-state index is -0.832. The van der Waals surface area contributed by atoms with E-state index in [0.717, 1.165) is 24.6 Å². The summed E-state index contributed by atoms with van der Waals surface area (Å²) >= 11 is 2.60. The SMILES string of the molecule is CCCCOC(=O)COC(=O)c1cc([N+](=O)[O-])ccc1Sc1nc(C)cs1. The normalized spacial score (nSPS) is 10.4. The van der Waals surface area contributed by atoms with Crippen molar-refractivity contribution in [3.05, 3.63) is 45.0 Å². The predicted molar refractivity (Wildman–Crippen MR) is 100 cm³/mol. The number of hydrogen-bond acceptors (Lipinski definition) is 9. The summed E-state index contributed by atoms with van der Waals surface area (Å²) in [5, 5.41) is 12.9. The minimum absolute atomic E-state index is 0.00316. The van der Waals surface area contributed by atoms with Crippen LogP contribution < -0.4 is 0 Å². The fourth-order valence-corrected chi connectivity index (χ4v) is 3.82. The molecule has 1 aromatic carbocycles. The van der Waals surface area contributed by atoms with Gasteiger partial charge in [0.15, 0.2) is 10.9 Å². The van der Waals surface area contributed by atoms with Gasteiger partial charge < -0.3 is 9.47 Å². The number of thiazole rings is 1. The van der Waals surface area contributed by atoms with Gasteiger partial charge in [-0.05, 0) is 19.4 Å². The molecule has 0 saturated heterocycles. The molecule has 0 spiro atoms. The number of ether oxygens (including phenoxy) is 2. The topological polar surface area (TPSA) is 109 Å². The van der Waals surface area contributed by atoms with Crippen molar-refractivity contribution >= 4 is 40.7 Å².